The molecular formula is C22H17N3O6. The Hall–Kier alpha value is -4.27. The van der Waals surface area contributed by atoms with Crippen LogP contribution >= 0.6 is 0 Å². The summed E-state index contributed by atoms with van der Waals surface area (Å²) in [5, 5.41) is 14.8. The fourth-order valence-corrected chi connectivity index (χ4v) is 3.59. The molecule has 0 fully saturated rings. The molecule has 0 aliphatic carbocycles. The van der Waals surface area contributed by atoms with Crippen LogP contribution < -0.4 is 10.1 Å². The molecule has 9 nitrogen and oxygen atoms in total. The second kappa shape index (κ2) is 7.86. The van der Waals surface area contributed by atoms with Crippen LogP contribution in [0.4, 0.5) is 11.4 Å². The highest BCUT2D eigenvalue weighted by Gasteiger charge is 2.34. The lowest BCUT2D eigenvalue weighted by molar-refractivity contribution is -0.384. The summed E-state index contributed by atoms with van der Waals surface area (Å²) in [5.41, 5.74) is 0.632. The Kier molecular flexibility index (Phi) is 5.08. The Morgan fingerprint density at radius 1 is 1.06 bits per heavy atom. The zero-order chi connectivity index (χ0) is 22.1. The van der Waals surface area contributed by atoms with E-state index in [-0.39, 0.29) is 29.8 Å². The van der Waals surface area contributed by atoms with Crippen LogP contribution in [0.2, 0.25) is 0 Å². The maximum atomic E-state index is 13.0. The summed E-state index contributed by atoms with van der Waals surface area (Å²) in [6, 6.07) is 14.1. The fraction of sp³-hybridized carbons (Fsp3) is 0.136. The molecule has 3 amide bonds. The minimum absolute atomic E-state index is 0.0765. The summed E-state index contributed by atoms with van der Waals surface area (Å²) in [5.74, 6) is -1.01. The molecule has 3 aromatic carbocycles. The van der Waals surface area contributed by atoms with Crippen molar-refractivity contribution in [3.8, 4) is 5.75 Å². The van der Waals surface area contributed by atoms with Crippen LogP contribution in [0.5, 0.6) is 5.75 Å². The first-order valence-corrected chi connectivity index (χ1v) is 9.40. The Labute approximate surface area is 176 Å². The molecule has 0 saturated carbocycles. The molecule has 0 bridgehead atoms. The lowest BCUT2D eigenvalue weighted by Crippen LogP contribution is -2.41. The lowest BCUT2D eigenvalue weighted by atomic mass is 9.93. The van der Waals surface area contributed by atoms with E-state index in [1.807, 2.05) is 0 Å². The lowest BCUT2D eigenvalue weighted by Gasteiger charge is -2.26. The number of benzene rings is 3. The molecule has 9 heteroatoms. The molecule has 1 aliphatic rings. The average Bonchev–Trinajstić information content (AvgIpc) is 2.76. The first-order valence-electron chi connectivity index (χ1n) is 9.40. The van der Waals surface area contributed by atoms with Crippen molar-refractivity contribution in [1.82, 2.24) is 4.90 Å². The summed E-state index contributed by atoms with van der Waals surface area (Å²) < 4.78 is 5.11. The fourth-order valence-electron chi connectivity index (χ4n) is 3.59. The molecule has 0 atom stereocenters. The molecule has 156 valence electrons. The molecule has 1 aliphatic heterocycles. The third-order valence-electron chi connectivity index (χ3n) is 5.04. The number of hydrogen-bond acceptors (Lipinski definition) is 6. The van der Waals surface area contributed by atoms with E-state index in [0.29, 0.717) is 22.2 Å². The number of hydrogen-bond donors (Lipinski definition) is 1. The van der Waals surface area contributed by atoms with Crippen LogP contribution in [0.1, 0.15) is 27.1 Å². The zero-order valence-corrected chi connectivity index (χ0v) is 16.5. The Bertz CT molecular complexity index is 1250. The standard InChI is InChI=1S/C22H17N3O6/c1-31-16-6-3-5-14(11-16)23-19(26)8-9-24-21(27)17-7-2-4-13-10-15(25(29)30)12-18(20(13)17)22(24)28/h2-7,10-12H,8-9H2,1H3,(H,23,26). The summed E-state index contributed by atoms with van der Waals surface area (Å²) >= 11 is 0. The van der Waals surface area contributed by atoms with Crippen molar-refractivity contribution in [2.45, 2.75) is 6.42 Å². The van der Waals surface area contributed by atoms with E-state index in [0.717, 1.165) is 4.90 Å². The Morgan fingerprint density at radius 2 is 1.81 bits per heavy atom. The molecule has 31 heavy (non-hydrogen) atoms. The Balaban J connectivity index is 1.57. The molecule has 1 heterocycles. The van der Waals surface area contributed by atoms with Crippen molar-refractivity contribution >= 4 is 39.9 Å². The van der Waals surface area contributed by atoms with Gasteiger partial charge >= 0.3 is 0 Å². The number of imide groups is 1. The van der Waals surface area contributed by atoms with E-state index in [2.05, 4.69) is 5.32 Å². The number of amides is 3. The molecule has 0 saturated heterocycles. The highest BCUT2D eigenvalue weighted by Crippen LogP contribution is 2.33. The van der Waals surface area contributed by atoms with E-state index in [1.165, 1.54) is 19.2 Å². The summed E-state index contributed by atoms with van der Waals surface area (Å²) in [6.45, 7) is -0.161. The van der Waals surface area contributed by atoms with Gasteiger partial charge in [-0.15, -0.1) is 0 Å². The van der Waals surface area contributed by atoms with Gasteiger partial charge in [0.15, 0.2) is 0 Å². The number of anilines is 1. The first kappa shape index (κ1) is 20.0. The number of carbonyl (C=O) groups excluding carboxylic acids is 3. The predicted octanol–water partition coefficient (Wildman–Crippen LogP) is 3.38. The third-order valence-corrected chi connectivity index (χ3v) is 5.04. The minimum atomic E-state index is -0.661. The van der Waals surface area contributed by atoms with Crippen molar-refractivity contribution in [2.75, 3.05) is 19.0 Å². The van der Waals surface area contributed by atoms with Gasteiger partial charge in [0.05, 0.1) is 17.6 Å². The van der Waals surface area contributed by atoms with Gasteiger partial charge in [-0.3, -0.25) is 29.4 Å². The maximum absolute atomic E-state index is 13.0. The second-order valence-corrected chi connectivity index (χ2v) is 6.95. The first-order chi connectivity index (χ1) is 14.9. The van der Waals surface area contributed by atoms with Crippen molar-refractivity contribution < 1.29 is 24.0 Å². The molecule has 0 aromatic heterocycles. The van der Waals surface area contributed by atoms with Gasteiger partial charge in [-0.25, -0.2) is 0 Å². The molecule has 0 unspecified atom stereocenters. The summed E-state index contributed by atoms with van der Waals surface area (Å²) in [6.07, 6.45) is -0.130. The second-order valence-electron chi connectivity index (χ2n) is 6.95. The molecule has 1 N–H and O–H groups in total. The topological polar surface area (TPSA) is 119 Å². The van der Waals surface area contributed by atoms with Crippen molar-refractivity contribution in [2.24, 2.45) is 0 Å². The van der Waals surface area contributed by atoms with E-state index in [1.54, 1.807) is 42.5 Å². The van der Waals surface area contributed by atoms with Gasteiger partial charge in [-0.05, 0) is 23.6 Å². The Morgan fingerprint density at radius 3 is 2.55 bits per heavy atom. The number of nitro groups is 1. The van der Waals surface area contributed by atoms with Gasteiger partial charge in [0.2, 0.25) is 5.91 Å². The maximum Gasteiger partial charge on any atom is 0.270 e. The number of ether oxygens (including phenoxy) is 1. The van der Waals surface area contributed by atoms with Crippen LogP contribution in [0.25, 0.3) is 10.8 Å². The number of nitrogens with one attached hydrogen (secondary N) is 1. The monoisotopic (exact) mass is 419 g/mol. The summed E-state index contributed by atoms with van der Waals surface area (Å²) in [4.78, 5) is 49.9. The number of non-ortho nitro benzene ring substituents is 1. The molecule has 3 aromatic rings. The number of nitrogens with zero attached hydrogens (tertiary/aromatic N) is 2. The van der Waals surface area contributed by atoms with Crippen LogP contribution in [-0.4, -0.2) is 41.2 Å². The van der Waals surface area contributed by atoms with Gasteiger partial charge in [-0.2, -0.15) is 0 Å². The van der Waals surface area contributed by atoms with Crippen LogP contribution in [0.15, 0.2) is 54.6 Å². The molecular weight excluding hydrogens is 402 g/mol. The van der Waals surface area contributed by atoms with Crippen molar-refractivity contribution in [3.63, 3.8) is 0 Å². The smallest absolute Gasteiger partial charge is 0.270 e. The quantitative estimate of drug-likeness (QED) is 0.372. The molecule has 4 rings (SSSR count). The van der Waals surface area contributed by atoms with Gasteiger partial charge in [0.25, 0.3) is 17.5 Å². The van der Waals surface area contributed by atoms with Gasteiger partial charge in [-0.1, -0.05) is 18.2 Å². The van der Waals surface area contributed by atoms with E-state index in [4.69, 9.17) is 4.74 Å². The number of rotatable bonds is 6. The zero-order valence-electron chi connectivity index (χ0n) is 16.5. The van der Waals surface area contributed by atoms with Crippen molar-refractivity contribution in [3.05, 3.63) is 75.8 Å². The van der Waals surface area contributed by atoms with Crippen molar-refractivity contribution in [1.29, 1.82) is 0 Å². The highest BCUT2D eigenvalue weighted by atomic mass is 16.6. The van der Waals surface area contributed by atoms with Gasteiger partial charge in [0, 0.05) is 47.8 Å². The van der Waals surface area contributed by atoms with Crippen LogP contribution in [0.3, 0.4) is 0 Å². The normalized spacial score (nSPS) is 12.7. The van der Waals surface area contributed by atoms with E-state index in [9.17, 15) is 24.5 Å². The predicted molar refractivity (Wildman–Crippen MR) is 112 cm³/mol. The average molecular weight is 419 g/mol. The summed E-state index contributed by atoms with van der Waals surface area (Å²) in [7, 11) is 1.51. The van der Waals surface area contributed by atoms with Crippen LogP contribution in [-0.2, 0) is 4.79 Å². The highest BCUT2D eigenvalue weighted by molar-refractivity contribution is 6.25. The third kappa shape index (κ3) is 3.68. The number of carbonyl (C=O) groups is 3. The van der Waals surface area contributed by atoms with Gasteiger partial charge < -0.3 is 10.1 Å². The van der Waals surface area contributed by atoms with E-state index >= 15 is 0 Å². The molecule has 0 spiro atoms. The molecule has 0 radical (unpaired) electrons. The van der Waals surface area contributed by atoms with Gasteiger partial charge in [0.1, 0.15) is 5.75 Å². The van der Waals surface area contributed by atoms with E-state index < -0.39 is 22.6 Å². The largest absolute Gasteiger partial charge is 0.497 e. The number of nitro benzene ring substituents is 1. The SMILES string of the molecule is COc1cccc(NC(=O)CCN2C(=O)c3cccc4cc([N+](=O)[O-])cc(c34)C2=O)c1. The number of methoxy groups -OCH3 is 1. The minimum Gasteiger partial charge on any atom is -0.497 e. The van der Waals surface area contributed by atoms with Crippen LogP contribution in [0, 0.1) is 10.1 Å².